The third-order valence-corrected chi connectivity index (χ3v) is 2.28. The summed E-state index contributed by atoms with van der Waals surface area (Å²) >= 11 is 0. The molecule has 0 atom stereocenters. The number of hydrogen-bond acceptors (Lipinski definition) is 3. The fourth-order valence-electron chi connectivity index (χ4n) is 1.53. The smallest absolute Gasteiger partial charge is 0.411 e. The maximum atomic E-state index is 11.9. The molecular formula is C11H9F3N2O3. The van der Waals surface area contributed by atoms with E-state index in [9.17, 15) is 18.0 Å². The van der Waals surface area contributed by atoms with Crippen LogP contribution in [0.25, 0.3) is 11.0 Å². The molecule has 102 valence electrons. The third-order valence-electron chi connectivity index (χ3n) is 2.28. The maximum Gasteiger partial charge on any atom is 0.411 e. The van der Waals surface area contributed by atoms with E-state index in [1.807, 2.05) is 0 Å². The van der Waals surface area contributed by atoms with Crippen molar-refractivity contribution in [2.75, 3.05) is 6.61 Å². The monoisotopic (exact) mass is 274 g/mol. The number of aromatic carboxylic acids is 1. The first-order chi connectivity index (χ1) is 8.85. The average Bonchev–Trinajstić information content (AvgIpc) is 2.68. The SMILES string of the molecule is O=C(O)c1ccc2nc(COCC(F)(F)F)[nH]c2c1. The Labute approximate surface area is 105 Å². The van der Waals surface area contributed by atoms with Crippen molar-refractivity contribution in [1.82, 2.24) is 9.97 Å². The number of imidazole rings is 1. The van der Waals surface area contributed by atoms with Crippen LogP contribution in [0.15, 0.2) is 18.2 Å². The van der Waals surface area contributed by atoms with Gasteiger partial charge < -0.3 is 14.8 Å². The van der Waals surface area contributed by atoms with Gasteiger partial charge in [-0.3, -0.25) is 0 Å². The molecule has 1 aromatic carbocycles. The van der Waals surface area contributed by atoms with Crippen molar-refractivity contribution in [2.24, 2.45) is 0 Å². The molecule has 0 amide bonds. The van der Waals surface area contributed by atoms with E-state index in [1.54, 1.807) is 0 Å². The van der Waals surface area contributed by atoms with E-state index >= 15 is 0 Å². The Morgan fingerprint density at radius 3 is 2.79 bits per heavy atom. The van der Waals surface area contributed by atoms with E-state index in [1.165, 1.54) is 18.2 Å². The molecule has 2 aromatic rings. The summed E-state index contributed by atoms with van der Waals surface area (Å²) in [5.74, 6) is -0.881. The molecule has 0 aliphatic heterocycles. The van der Waals surface area contributed by atoms with Gasteiger partial charge in [0.2, 0.25) is 0 Å². The zero-order valence-corrected chi connectivity index (χ0v) is 9.49. The number of nitrogens with zero attached hydrogens (tertiary/aromatic N) is 1. The Morgan fingerprint density at radius 2 is 2.16 bits per heavy atom. The predicted octanol–water partition coefficient (Wildman–Crippen LogP) is 2.34. The molecule has 0 spiro atoms. The summed E-state index contributed by atoms with van der Waals surface area (Å²) in [7, 11) is 0. The zero-order chi connectivity index (χ0) is 14.0. The number of hydrogen-bond donors (Lipinski definition) is 2. The van der Waals surface area contributed by atoms with E-state index < -0.39 is 18.8 Å². The van der Waals surface area contributed by atoms with Crippen LogP contribution in [-0.4, -0.2) is 33.8 Å². The summed E-state index contributed by atoms with van der Waals surface area (Å²) in [4.78, 5) is 17.5. The molecule has 0 aliphatic carbocycles. The van der Waals surface area contributed by atoms with Crippen LogP contribution in [0.3, 0.4) is 0 Å². The lowest BCUT2D eigenvalue weighted by Crippen LogP contribution is -2.16. The molecule has 0 aliphatic rings. The highest BCUT2D eigenvalue weighted by atomic mass is 19.4. The van der Waals surface area contributed by atoms with Gasteiger partial charge in [-0.05, 0) is 18.2 Å². The first kappa shape index (κ1) is 13.3. The van der Waals surface area contributed by atoms with Crippen LogP contribution >= 0.6 is 0 Å². The van der Waals surface area contributed by atoms with Gasteiger partial charge in [0.25, 0.3) is 0 Å². The Bertz CT molecular complexity index is 607. The first-order valence-electron chi connectivity index (χ1n) is 5.21. The molecule has 0 saturated heterocycles. The number of benzene rings is 1. The van der Waals surface area contributed by atoms with Gasteiger partial charge >= 0.3 is 12.1 Å². The zero-order valence-electron chi connectivity index (χ0n) is 9.49. The number of aromatic nitrogens is 2. The molecule has 0 saturated carbocycles. The number of nitrogens with one attached hydrogen (secondary N) is 1. The number of carbonyl (C=O) groups is 1. The summed E-state index contributed by atoms with van der Waals surface area (Å²) in [6, 6.07) is 4.20. The highest BCUT2D eigenvalue weighted by molar-refractivity contribution is 5.92. The van der Waals surface area contributed by atoms with Gasteiger partial charge in [-0.1, -0.05) is 0 Å². The van der Waals surface area contributed by atoms with Gasteiger partial charge in [0.15, 0.2) is 0 Å². The van der Waals surface area contributed by atoms with Gasteiger partial charge in [-0.15, -0.1) is 0 Å². The second-order valence-corrected chi connectivity index (χ2v) is 3.83. The normalized spacial score (nSPS) is 11.9. The topological polar surface area (TPSA) is 75.2 Å². The number of rotatable bonds is 4. The Morgan fingerprint density at radius 1 is 1.42 bits per heavy atom. The fourth-order valence-corrected chi connectivity index (χ4v) is 1.53. The summed E-state index contributed by atoms with van der Waals surface area (Å²) < 4.78 is 40.1. The van der Waals surface area contributed by atoms with Gasteiger partial charge in [-0.2, -0.15) is 13.2 Å². The van der Waals surface area contributed by atoms with Crippen molar-refractivity contribution >= 4 is 17.0 Å². The van der Waals surface area contributed by atoms with E-state index in [0.717, 1.165) is 0 Å². The quantitative estimate of drug-likeness (QED) is 0.897. The number of ether oxygens (including phenoxy) is 1. The Kier molecular flexibility index (Phi) is 3.43. The maximum absolute atomic E-state index is 11.9. The minimum atomic E-state index is -4.39. The minimum absolute atomic E-state index is 0.0684. The molecule has 0 fully saturated rings. The van der Waals surface area contributed by atoms with Crippen molar-refractivity contribution in [1.29, 1.82) is 0 Å². The molecule has 8 heteroatoms. The van der Waals surface area contributed by atoms with Crippen molar-refractivity contribution in [3.63, 3.8) is 0 Å². The number of carboxylic acids is 1. The lowest BCUT2D eigenvalue weighted by atomic mass is 10.2. The number of halogens is 3. The highest BCUT2D eigenvalue weighted by Crippen LogP contribution is 2.17. The molecule has 19 heavy (non-hydrogen) atoms. The first-order valence-corrected chi connectivity index (χ1v) is 5.21. The van der Waals surface area contributed by atoms with E-state index in [4.69, 9.17) is 5.11 Å². The third kappa shape index (κ3) is 3.44. The lowest BCUT2D eigenvalue weighted by Gasteiger charge is -2.05. The van der Waals surface area contributed by atoms with E-state index in [0.29, 0.717) is 11.0 Å². The Hall–Kier alpha value is -2.09. The predicted molar refractivity (Wildman–Crippen MR) is 58.8 cm³/mol. The van der Waals surface area contributed by atoms with Crippen LogP contribution in [0.2, 0.25) is 0 Å². The van der Waals surface area contributed by atoms with Gasteiger partial charge in [0.1, 0.15) is 19.0 Å². The number of alkyl halides is 3. The lowest BCUT2D eigenvalue weighted by molar-refractivity contribution is -0.177. The largest absolute Gasteiger partial charge is 0.478 e. The van der Waals surface area contributed by atoms with Crippen LogP contribution in [0, 0.1) is 0 Å². The van der Waals surface area contributed by atoms with Crippen LogP contribution < -0.4 is 0 Å². The Balaban J connectivity index is 2.11. The summed E-state index contributed by atoms with van der Waals surface area (Å²) in [5, 5.41) is 8.80. The number of fused-ring (bicyclic) bond motifs is 1. The molecule has 1 aromatic heterocycles. The van der Waals surface area contributed by atoms with Crippen molar-refractivity contribution < 1.29 is 27.8 Å². The number of aromatic amines is 1. The molecular weight excluding hydrogens is 265 g/mol. The van der Waals surface area contributed by atoms with E-state index in [2.05, 4.69) is 14.7 Å². The van der Waals surface area contributed by atoms with Crippen molar-refractivity contribution in [3.8, 4) is 0 Å². The molecule has 0 bridgehead atoms. The molecule has 2 rings (SSSR count). The van der Waals surface area contributed by atoms with E-state index in [-0.39, 0.29) is 18.0 Å². The highest BCUT2D eigenvalue weighted by Gasteiger charge is 2.27. The second-order valence-electron chi connectivity index (χ2n) is 3.83. The molecule has 2 N–H and O–H groups in total. The van der Waals surface area contributed by atoms with Crippen molar-refractivity contribution in [3.05, 3.63) is 29.6 Å². The molecule has 1 heterocycles. The second kappa shape index (κ2) is 4.88. The molecule has 0 radical (unpaired) electrons. The van der Waals surface area contributed by atoms with Gasteiger partial charge in [-0.25, -0.2) is 9.78 Å². The van der Waals surface area contributed by atoms with Crippen LogP contribution in [0.1, 0.15) is 16.2 Å². The fraction of sp³-hybridized carbons (Fsp3) is 0.273. The summed E-state index contributed by atoms with van der Waals surface area (Å²) in [5.41, 5.74) is 0.972. The van der Waals surface area contributed by atoms with Crippen molar-refractivity contribution in [2.45, 2.75) is 12.8 Å². The number of carboxylic acid groups (broad SMARTS) is 1. The summed E-state index contributed by atoms with van der Waals surface area (Å²) in [6.07, 6.45) is -4.39. The number of H-pyrrole nitrogens is 1. The van der Waals surface area contributed by atoms with Crippen LogP contribution in [-0.2, 0) is 11.3 Å². The minimum Gasteiger partial charge on any atom is -0.478 e. The average molecular weight is 274 g/mol. The summed E-state index contributed by atoms with van der Waals surface area (Å²) in [6.45, 7) is -1.68. The molecule has 5 nitrogen and oxygen atoms in total. The van der Waals surface area contributed by atoms with Crippen LogP contribution in [0.4, 0.5) is 13.2 Å². The van der Waals surface area contributed by atoms with Gasteiger partial charge in [0.05, 0.1) is 16.6 Å². The standard InChI is InChI=1S/C11H9F3N2O3/c12-11(13,14)5-19-4-9-15-7-2-1-6(10(17)18)3-8(7)16-9/h1-3H,4-5H2,(H,15,16)(H,17,18). The van der Waals surface area contributed by atoms with Gasteiger partial charge in [0, 0.05) is 0 Å². The van der Waals surface area contributed by atoms with Crippen LogP contribution in [0.5, 0.6) is 0 Å². The molecule has 0 unspecified atom stereocenters.